The van der Waals surface area contributed by atoms with Crippen LogP contribution < -0.4 is 10.9 Å². The summed E-state index contributed by atoms with van der Waals surface area (Å²) < 4.78 is 0. The fourth-order valence-electron chi connectivity index (χ4n) is 1.93. The number of hydrogen-bond donors (Lipinski definition) is 2. The Balaban J connectivity index is 1.73. The van der Waals surface area contributed by atoms with Gasteiger partial charge in [0, 0.05) is 16.6 Å². The first-order valence-corrected chi connectivity index (χ1v) is 6.77. The van der Waals surface area contributed by atoms with E-state index in [1.54, 1.807) is 36.5 Å². The van der Waals surface area contributed by atoms with E-state index in [1.165, 1.54) is 0 Å². The lowest BCUT2D eigenvalue weighted by atomic mass is 10.1. The predicted octanol–water partition coefficient (Wildman–Crippen LogP) is 3.65. The van der Waals surface area contributed by atoms with E-state index in [2.05, 4.69) is 15.8 Å². The van der Waals surface area contributed by atoms with Gasteiger partial charge < -0.3 is 0 Å². The number of para-hydroxylation sites is 1. The van der Waals surface area contributed by atoms with Crippen molar-refractivity contribution in [1.82, 2.24) is 10.4 Å². The molecule has 0 radical (unpaired) electrons. The number of hydrogen-bond acceptors (Lipinski definition) is 3. The summed E-state index contributed by atoms with van der Waals surface area (Å²) in [7, 11) is 0. The zero-order valence-corrected chi connectivity index (χ0v) is 11.8. The fraction of sp³-hybridized carbons (Fsp3) is 0. The van der Waals surface area contributed by atoms with Crippen LogP contribution in [0.4, 0.5) is 5.69 Å². The molecule has 0 aliphatic heterocycles. The number of anilines is 1. The second kappa shape index (κ2) is 5.81. The van der Waals surface area contributed by atoms with Gasteiger partial charge in [-0.05, 0) is 36.4 Å². The molecule has 0 fully saturated rings. The van der Waals surface area contributed by atoms with Crippen molar-refractivity contribution in [3.8, 4) is 0 Å². The molecule has 21 heavy (non-hydrogen) atoms. The van der Waals surface area contributed by atoms with Crippen molar-refractivity contribution in [3.05, 3.63) is 71.4 Å². The molecule has 0 atom stereocenters. The van der Waals surface area contributed by atoms with Crippen molar-refractivity contribution >= 4 is 34.1 Å². The third-order valence-electron chi connectivity index (χ3n) is 3.02. The first kappa shape index (κ1) is 13.4. The van der Waals surface area contributed by atoms with Gasteiger partial charge in [-0.3, -0.25) is 20.6 Å². The molecule has 1 heterocycles. The van der Waals surface area contributed by atoms with E-state index in [9.17, 15) is 4.79 Å². The van der Waals surface area contributed by atoms with Gasteiger partial charge in [0.15, 0.2) is 0 Å². The molecule has 2 N–H and O–H groups in total. The smallest absolute Gasteiger partial charge is 0.271 e. The number of carbonyl (C=O) groups excluding carboxylic acids is 1. The van der Waals surface area contributed by atoms with Crippen LogP contribution in [0.1, 0.15) is 10.4 Å². The van der Waals surface area contributed by atoms with Crippen LogP contribution in [0.15, 0.2) is 60.8 Å². The van der Waals surface area contributed by atoms with Crippen molar-refractivity contribution in [3.63, 3.8) is 0 Å². The number of nitrogens with one attached hydrogen (secondary N) is 2. The maximum atomic E-state index is 12.1. The molecule has 0 aliphatic rings. The second-order valence-corrected chi connectivity index (χ2v) is 4.94. The summed E-state index contributed by atoms with van der Waals surface area (Å²) in [4.78, 5) is 16.4. The summed E-state index contributed by atoms with van der Waals surface area (Å²) in [5.41, 5.74) is 7.57. The molecule has 3 rings (SSSR count). The van der Waals surface area contributed by atoms with E-state index in [0.29, 0.717) is 10.6 Å². The molecule has 0 aliphatic carbocycles. The Labute approximate surface area is 126 Å². The summed E-state index contributed by atoms with van der Waals surface area (Å²) in [5.74, 6) is -0.247. The van der Waals surface area contributed by atoms with Crippen molar-refractivity contribution in [2.45, 2.75) is 0 Å². The Kier molecular flexibility index (Phi) is 3.71. The van der Waals surface area contributed by atoms with Crippen LogP contribution in [0.5, 0.6) is 0 Å². The van der Waals surface area contributed by atoms with E-state index >= 15 is 0 Å². The lowest BCUT2D eigenvalue weighted by Gasteiger charge is -2.08. The minimum absolute atomic E-state index is 0.247. The molecule has 0 unspecified atom stereocenters. The molecule has 4 nitrogen and oxygen atoms in total. The molecule has 104 valence electrons. The number of amides is 1. The third kappa shape index (κ3) is 3.12. The minimum atomic E-state index is -0.247. The Morgan fingerprint density at radius 3 is 2.62 bits per heavy atom. The summed E-state index contributed by atoms with van der Waals surface area (Å²) in [5, 5.41) is 1.57. The average Bonchev–Trinajstić information content (AvgIpc) is 2.53. The van der Waals surface area contributed by atoms with Gasteiger partial charge in [-0.2, -0.15) is 0 Å². The van der Waals surface area contributed by atoms with Crippen molar-refractivity contribution in [2.75, 3.05) is 5.43 Å². The van der Waals surface area contributed by atoms with E-state index < -0.39 is 0 Å². The number of halogens is 1. The number of carbonyl (C=O) groups is 1. The second-order valence-electron chi connectivity index (χ2n) is 4.50. The van der Waals surface area contributed by atoms with Gasteiger partial charge in [0.25, 0.3) is 5.91 Å². The number of rotatable bonds is 3. The Morgan fingerprint density at radius 1 is 1.05 bits per heavy atom. The molecular formula is C16H12ClN3O. The topological polar surface area (TPSA) is 54.0 Å². The van der Waals surface area contributed by atoms with Crippen LogP contribution in [-0.2, 0) is 0 Å². The molecule has 3 aromatic rings. The van der Waals surface area contributed by atoms with Gasteiger partial charge in [0.1, 0.15) is 0 Å². The zero-order valence-electron chi connectivity index (χ0n) is 11.0. The van der Waals surface area contributed by atoms with E-state index in [0.717, 1.165) is 16.6 Å². The predicted molar refractivity (Wildman–Crippen MR) is 84.3 cm³/mol. The first-order valence-electron chi connectivity index (χ1n) is 6.39. The number of aromatic nitrogens is 1. The highest BCUT2D eigenvalue weighted by Gasteiger charge is 2.06. The monoisotopic (exact) mass is 297 g/mol. The summed E-state index contributed by atoms with van der Waals surface area (Å²) in [6, 6.07) is 16.5. The van der Waals surface area contributed by atoms with E-state index in [4.69, 9.17) is 11.6 Å². The van der Waals surface area contributed by atoms with Crippen LogP contribution in [0, 0.1) is 0 Å². The standard InChI is InChI=1S/C16H12ClN3O/c17-13-5-7-14(8-6-13)19-20-16(21)12-9-11-3-1-2-4-15(11)18-10-12/h1-10,19H,(H,20,21). The summed E-state index contributed by atoms with van der Waals surface area (Å²) in [6.07, 6.45) is 1.56. The molecular weight excluding hydrogens is 286 g/mol. The molecule has 1 aromatic heterocycles. The van der Waals surface area contributed by atoms with Crippen LogP contribution in [0.3, 0.4) is 0 Å². The molecule has 0 bridgehead atoms. The van der Waals surface area contributed by atoms with Crippen molar-refractivity contribution in [2.24, 2.45) is 0 Å². The highest BCUT2D eigenvalue weighted by Crippen LogP contribution is 2.14. The largest absolute Gasteiger partial charge is 0.298 e. The lowest BCUT2D eigenvalue weighted by Crippen LogP contribution is -2.29. The third-order valence-corrected chi connectivity index (χ3v) is 3.27. The Bertz CT molecular complexity index is 787. The van der Waals surface area contributed by atoms with E-state index in [1.807, 2.05) is 24.3 Å². The normalized spacial score (nSPS) is 10.3. The number of pyridine rings is 1. The van der Waals surface area contributed by atoms with Crippen molar-refractivity contribution < 1.29 is 4.79 Å². The van der Waals surface area contributed by atoms with Crippen LogP contribution in [-0.4, -0.2) is 10.9 Å². The molecule has 0 spiro atoms. The number of nitrogens with zero attached hydrogens (tertiary/aromatic N) is 1. The van der Waals surface area contributed by atoms with Gasteiger partial charge in [0.05, 0.1) is 16.8 Å². The maximum absolute atomic E-state index is 12.1. The summed E-state index contributed by atoms with van der Waals surface area (Å²) >= 11 is 5.80. The average molecular weight is 298 g/mol. The van der Waals surface area contributed by atoms with Gasteiger partial charge >= 0.3 is 0 Å². The van der Waals surface area contributed by atoms with Gasteiger partial charge in [-0.15, -0.1) is 0 Å². The fourth-order valence-corrected chi connectivity index (χ4v) is 2.06. The van der Waals surface area contributed by atoms with Gasteiger partial charge in [0.2, 0.25) is 0 Å². The van der Waals surface area contributed by atoms with Crippen molar-refractivity contribution in [1.29, 1.82) is 0 Å². The molecule has 1 amide bonds. The Hall–Kier alpha value is -2.59. The minimum Gasteiger partial charge on any atom is -0.298 e. The van der Waals surface area contributed by atoms with Crippen LogP contribution in [0.2, 0.25) is 5.02 Å². The SMILES string of the molecule is O=C(NNc1ccc(Cl)cc1)c1cnc2ccccc2c1. The zero-order chi connectivity index (χ0) is 14.7. The molecule has 5 heteroatoms. The quantitative estimate of drug-likeness (QED) is 0.726. The van der Waals surface area contributed by atoms with Crippen LogP contribution >= 0.6 is 11.6 Å². The van der Waals surface area contributed by atoms with Gasteiger partial charge in [-0.25, -0.2) is 0 Å². The summed E-state index contributed by atoms with van der Waals surface area (Å²) in [6.45, 7) is 0. The van der Waals surface area contributed by atoms with E-state index in [-0.39, 0.29) is 5.91 Å². The highest BCUT2D eigenvalue weighted by atomic mass is 35.5. The lowest BCUT2D eigenvalue weighted by molar-refractivity contribution is 0.0962. The molecule has 0 saturated carbocycles. The molecule has 2 aromatic carbocycles. The number of hydrazine groups is 1. The van der Waals surface area contributed by atoms with Gasteiger partial charge in [-0.1, -0.05) is 29.8 Å². The molecule has 0 saturated heterocycles. The number of benzene rings is 2. The highest BCUT2D eigenvalue weighted by molar-refractivity contribution is 6.30. The Morgan fingerprint density at radius 2 is 1.81 bits per heavy atom. The maximum Gasteiger partial charge on any atom is 0.271 e. The first-order chi connectivity index (χ1) is 10.2. The van der Waals surface area contributed by atoms with Crippen LogP contribution in [0.25, 0.3) is 10.9 Å². The number of fused-ring (bicyclic) bond motifs is 1.